The highest BCUT2D eigenvalue weighted by atomic mass is 32.2. The van der Waals surface area contributed by atoms with Crippen LogP contribution >= 0.6 is 0 Å². The number of halogens is 1. The highest BCUT2D eigenvalue weighted by Crippen LogP contribution is 2.53. The minimum atomic E-state index is -3.55. The third-order valence-electron chi connectivity index (χ3n) is 3.79. The van der Waals surface area contributed by atoms with E-state index in [4.69, 9.17) is 0 Å². The van der Waals surface area contributed by atoms with Crippen molar-refractivity contribution in [3.63, 3.8) is 0 Å². The summed E-state index contributed by atoms with van der Waals surface area (Å²) in [5.41, 5.74) is 0.687. The molecule has 3 rings (SSSR count). The minimum absolute atomic E-state index is 0.222. The monoisotopic (exact) mass is 301 g/mol. The van der Waals surface area contributed by atoms with Crippen LogP contribution in [-0.2, 0) is 9.84 Å². The highest BCUT2D eigenvalue weighted by molar-refractivity contribution is 7.92. The van der Waals surface area contributed by atoms with Crippen molar-refractivity contribution in [1.82, 2.24) is 0 Å². The van der Waals surface area contributed by atoms with Crippen molar-refractivity contribution in [3.8, 4) is 6.07 Å². The summed E-state index contributed by atoms with van der Waals surface area (Å²) >= 11 is 0. The van der Waals surface area contributed by atoms with Crippen LogP contribution in [0, 0.1) is 23.1 Å². The second-order valence-corrected chi connectivity index (χ2v) is 7.16. The molecule has 106 valence electrons. The first-order chi connectivity index (χ1) is 10.1. The Bertz CT molecular complexity index is 794. The van der Waals surface area contributed by atoms with Gasteiger partial charge in [0.15, 0.2) is 9.84 Å². The second kappa shape index (κ2) is 4.97. The van der Waals surface area contributed by atoms with Gasteiger partial charge in [-0.2, -0.15) is 5.26 Å². The van der Waals surface area contributed by atoms with Crippen molar-refractivity contribution in [2.24, 2.45) is 5.92 Å². The molecular formula is C16H12FNO2S. The van der Waals surface area contributed by atoms with E-state index < -0.39 is 21.0 Å². The number of rotatable bonds is 3. The van der Waals surface area contributed by atoms with Crippen molar-refractivity contribution in [3.05, 3.63) is 66.0 Å². The Labute approximate surface area is 122 Å². The molecule has 0 spiro atoms. The van der Waals surface area contributed by atoms with E-state index >= 15 is 0 Å². The number of nitrogens with zero attached hydrogens (tertiary/aromatic N) is 1. The number of hydrogen-bond acceptors (Lipinski definition) is 3. The van der Waals surface area contributed by atoms with Gasteiger partial charge in [0.05, 0.1) is 22.1 Å². The molecule has 0 aliphatic heterocycles. The van der Waals surface area contributed by atoms with Gasteiger partial charge >= 0.3 is 0 Å². The molecule has 1 fully saturated rings. The first kappa shape index (κ1) is 13.8. The third kappa shape index (κ3) is 2.32. The summed E-state index contributed by atoms with van der Waals surface area (Å²) in [6.07, 6.45) is 0. The Kier molecular flexibility index (Phi) is 3.26. The molecule has 0 radical (unpaired) electrons. The van der Waals surface area contributed by atoms with Gasteiger partial charge < -0.3 is 0 Å². The van der Waals surface area contributed by atoms with Crippen LogP contribution in [0.2, 0.25) is 0 Å². The van der Waals surface area contributed by atoms with Gasteiger partial charge in [0, 0.05) is 5.92 Å². The van der Waals surface area contributed by atoms with Crippen LogP contribution in [0.15, 0.2) is 59.5 Å². The van der Waals surface area contributed by atoms with Crippen LogP contribution in [0.1, 0.15) is 11.5 Å². The Morgan fingerprint density at radius 1 is 1.00 bits per heavy atom. The number of nitriles is 1. The van der Waals surface area contributed by atoms with E-state index in [1.807, 2.05) is 0 Å². The standard InChI is InChI=1S/C16H12FNO2S/c17-12-8-6-11(7-9-12)15-14(10-18)16(15)21(19,20)13-4-2-1-3-5-13/h1-9,14-16H/t14-,15+,16-/m1/s1. The van der Waals surface area contributed by atoms with Gasteiger partial charge in [0.1, 0.15) is 5.82 Å². The lowest BCUT2D eigenvalue weighted by atomic mass is 10.1. The Morgan fingerprint density at radius 3 is 2.19 bits per heavy atom. The maximum atomic E-state index is 13.0. The van der Waals surface area contributed by atoms with Crippen LogP contribution in [-0.4, -0.2) is 13.7 Å². The van der Waals surface area contributed by atoms with Gasteiger partial charge in [0.25, 0.3) is 0 Å². The molecule has 3 atom stereocenters. The summed E-state index contributed by atoms with van der Waals surface area (Å²) in [6, 6.07) is 15.8. The molecule has 3 nitrogen and oxygen atoms in total. The fraction of sp³-hybridized carbons (Fsp3) is 0.188. The molecule has 0 bridgehead atoms. The molecular weight excluding hydrogens is 289 g/mol. The summed E-state index contributed by atoms with van der Waals surface area (Å²) in [4.78, 5) is 0.222. The molecule has 0 amide bonds. The molecule has 2 aromatic rings. The quantitative estimate of drug-likeness (QED) is 0.876. The second-order valence-electron chi connectivity index (χ2n) is 5.05. The largest absolute Gasteiger partial charge is 0.223 e. The Morgan fingerprint density at radius 2 is 1.62 bits per heavy atom. The van der Waals surface area contributed by atoms with E-state index in [1.165, 1.54) is 24.3 Å². The molecule has 0 heterocycles. The van der Waals surface area contributed by atoms with Gasteiger partial charge in [-0.15, -0.1) is 0 Å². The van der Waals surface area contributed by atoms with Crippen LogP contribution in [0.5, 0.6) is 0 Å². The summed E-state index contributed by atoms with van der Waals surface area (Å²) in [6.45, 7) is 0. The van der Waals surface area contributed by atoms with E-state index in [9.17, 15) is 18.1 Å². The van der Waals surface area contributed by atoms with Crippen molar-refractivity contribution in [2.75, 3.05) is 0 Å². The molecule has 1 aliphatic rings. The third-order valence-corrected chi connectivity index (χ3v) is 6.02. The van der Waals surface area contributed by atoms with Crippen molar-refractivity contribution in [2.45, 2.75) is 16.1 Å². The molecule has 0 N–H and O–H groups in total. The van der Waals surface area contributed by atoms with Crippen molar-refractivity contribution in [1.29, 1.82) is 5.26 Å². The average molecular weight is 301 g/mol. The average Bonchev–Trinajstić information content (AvgIpc) is 3.24. The van der Waals surface area contributed by atoms with Gasteiger partial charge in [-0.25, -0.2) is 12.8 Å². The zero-order valence-corrected chi connectivity index (χ0v) is 11.8. The summed E-state index contributed by atoms with van der Waals surface area (Å²) in [7, 11) is -3.55. The lowest BCUT2D eigenvalue weighted by molar-refractivity contribution is 0.593. The van der Waals surface area contributed by atoms with E-state index in [0.717, 1.165) is 0 Å². The lowest BCUT2D eigenvalue weighted by Crippen LogP contribution is -2.10. The molecule has 2 aromatic carbocycles. The minimum Gasteiger partial charge on any atom is -0.223 e. The van der Waals surface area contributed by atoms with Crippen molar-refractivity contribution < 1.29 is 12.8 Å². The Hall–Kier alpha value is -2.19. The fourth-order valence-electron chi connectivity index (χ4n) is 2.67. The predicted molar refractivity (Wildman–Crippen MR) is 75.7 cm³/mol. The summed E-state index contributed by atoms with van der Waals surface area (Å²) in [5.74, 6) is -1.35. The smallest absolute Gasteiger partial charge is 0.183 e. The van der Waals surface area contributed by atoms with E-state index in [2.05, 4.69) is 6.07 Å². The maximum Gasteiger partial charge on any atom is 0.183 e. The SMILES string of the molecule is N#C[C@@H]1[C@H](c2ccc(F)cc2)[C@@H]1S(=O)(=O)c1ccccc1. The normalized spacial score (nSPS) is 24.3. The fourth-order valence-corrected chi connectivity index (χ4v) is 4.76. The van der Waals surface area contributed by atoms with Crippen molar-refractivity contribution >= 4 is 9.84 Å². The topological polar surface area (TPSA) is 57.9 Å². The predicted octanol–water partition coefficient (Wildman–Crippen LogP) is 2.91. The van der Waals surface area contributed by atoms with Gasteiger partial charge in [0.2, 0.25) is 0 Å². The summed E-state index contributed by atoms with van der Waals surface area (Å²) in [5, 5.41) is 8.43. The highest BCUT2D eigenvalue weighted by Gasteiger charge is 2.59. The van der Waals surface area contributed by atoms with Crippen LogP contribution < -0.4 is 0 Å². The van der Waals surface area contributed by atoms with E-state index in [-0.39, 0.29) is 16.6 Å². The Balaban J connectivity index is 1.96. The van der Waals surface area contributed by atoms with Gasteiger partial charge in [-0.3, -0.25) is 0 Å². The van der Waals surface area contributed by atoms with E-state index in [0.29, 0.717) is 5.56 Å². The molecule has 5 heteroatoms. The molecule has 1 saturated carbocycles. The van der Waals surface area contributed by atoms with Crippen LogP contribution in [0.3, 0.4) is 0 Å². The summed E-state index contributed by atoms with van der Waals surface area (Å²) < 4.78 is 38.1. The number of benzene rings is 2. The number of sulfone groups is 1. The van der Waals surface area contributed by atoms with Gasteiger partial charge in [-0.1, -0.05) is 30.3 Å². The lowest BCUT2D eigenvalue weighted by Gasteiger charge is -2.03. The van der Waals surface area contributed by atoms with Crippen LogP contribution in [0.25, 0.3) is 0 Å². The molecule has 21 heavy (non-hydrogen) atoms. The van der Waals surface area contributed by atoms with Crippen LogP contribution in [0.4, 0.5) is 4.39 Å². The first-order valence-electron chi connectivity index (χ1n) is 6.50. The zero-order valence-electron chi connectivity index (χ0n) is 11.0. The molecule has 0 aromatic heterocycles. The van der Waals surface area contributed by atoms with Gasteiger partial charge in [-0.05, 0) is 29.8 Å². The molecule has 0 unspecified atom stereocenters. The number of hydrogen-bond donors (Lipinski definition) is 0. The first-order valence-corrected chi connectivity index (χ1v) is 8.04. The zero-order chi connectivity index (χ0) is 15.0. The molecule has 1 aliphatic carbocycles. The molecule has 0 saturated heterocycles. The van der Waals surface area contributed by atoms with E-state index in [1.54, 1.807) is 30.3 Å². The maximum absolute atomic E-state index is 13.0.